The minimum Gasteiger partial charge on any atom is -0.444 e. The van der Waals surface area contributed by atoms with Gasteiger partial charge in [-0.05, 0) is 17.7 Å². The molecular formula is C15H14N2O3. The molecule has 1 aromatic carbocycles. The molecule has 1 aliphatic rings. The molecular weight excluding hydrogens is 256 g/mol. The van der Waals surface area contributed by atoms with Crippen LogP contribution in [0.5, 0.6) is 0 Å². The molecule has 5 nitrogen and oxygen atoms in total. The molecule has 0 bridgehead atoms. The number of hydrogen-bond donors (Lipinski definition) is 2. The van der Waals surface area contributed by atoms with E-state index in [1.165, 1.54) is 6.20 Å². The van der Waals surface area contributed by atoms with Crippen LogP contribution in [0.25, 0.3) is 0 Å². The Morgan fingerprint density at radius 2 is 1.95 bits per heavy atom. The molecule has 0 saturated carbocycles. The van der Waals surface area contributed by atoms with E-state index >= 15 is 0 Å². The fourth-order valence-electron chi connectivity index (χ4n) is 1.52. The van der Waals surface area contributed by atoms with Crippen molar-refractivity contribution in [2.45, 2.75) is 6.61 Å². The molecule has 0 aliphatic carbocycles. The van der Waals surface area contributed by atoms with Crippen molar-refractivity contribution < 1.29 is 14.3 Å². The van der Waals surface area contributed by atoms with Crippen molar-refractivity contribution in [3.8, 4) is 0 Å². The summed E-state index contributed by atoms with van der Waals surface area (Å²) in [6.45, 7) is 0.120. The highest BCUT2D eigenvalue weighted by Crippen LogP contribution is 2.02. The first-order chi connectivity index (χ1) is 9.75. The Morgan fingerprint density at radius 3 is 2.75 bits per heavy atom. The number of rotatable bonds is 3. The smallest absolute Gasteiger partial charge is 0.414 e. The van der Waals surface area contributed by atoms with Gasteiger partial charge in [0.25, 0.3) is 5.91 Å². The lowest BCUT2D eigenvalue weighted by atomic mass is 10.2. The van der Waals surface area contributed by atoms with Gasteiger partial charge in [-0.15, -0.1) is 0 Å². The van der Waals surface area contributed by atoms with Crippen LogP contribution in [-0.2, 0) is 16.1 Å². The molecule has 0 aromatic heterocycles. The van der Waals surface area contributed by atoms with E-state index < -0.39 is 12.0 Å². The maximum absolute atomic E-state index is 11.8. The van der Waals surface area contributed by atoms with E-state index in [0.717, 1.165) is 5.56 Å². The zero-order chi connectivity index (χ0) is 14.2. The van der Waals surface area contributed by atoms with Gasteiger partial charge in [0, 0.05) is 12.4 Å². The number of carbonyl (C=O) groups is 2. The average Bonchev–Trinajstić information content (AvgIpc) is 2.75. The molecule has 0 unspecified atom stereocenters. The molecule has 0 saturated heterocycles. The van der Waals surface area contributed by atoms with Crippen molar-refractivity contribution in [3.05, 3.63) is 72.1 Å². The van der Waals surface area contributed by atoms with Crippen molar-refractivity contribution >= 4 is 12.0 Å². The molecule has 0 fully saturated rings. The number of ether oxygens (including phenoxy) is 1. The van der Waals surface area contributed by atoms with Crippen molar-refractivity contribution in [1.82, 2.24) is 10.6 Å². The third-order valence-corrected chi connectivity index (χ3v) is 2.51. The molecule has 1 aromatic rings. The number of imide groups is 1. The highest BCUT2D eigenvalue weighted by Gasteiger charge is 2.12. The van der Waals surface area contributed by atoms with Gasteiger partial charge in [0.1, 0.15) is 6.61 Å². The molecule has 1 aliphatic heterocycles. The van der Waals surface area contributed by atoms with E-state index in [9.17, 15) is 9.59 Å². The maximum Gasteiger partial charge on any atom is 0.414 e. The van der Waals surface area contributed by atoms with Gasteiger partial charge in [-0.2, -0.15) is 0 Å². The predicted octanol–water partition coefficient (Wildman–Crippen LogP) is 2.00. The average molecular weight is 270 g/mol. The Morgan fingerprint density at radius 1 is 1.15 bits per heavy atom. The van der Waals surface area contributed by atoms with Gasteiger partial charge in [-0.3, -0.25) is 10.1 Å². The minimum atomic E-state index is -0.773. The number of amides is 2. The topological polar surface area (TPSA) is 67.4 Å². The Bertz CT molecular complexity index is 574. The molecule has 1 heterocycles. The summed E-state index contributed by atoms with van der Waals surface area (Å²) in [5, 5.41) is 4.95. The minimum absolute atomic E-state index is 0.120. The lowest BCUT2D eigenvalue weighted by molar-refractivity contribution is -0.116. The second-order valence-electron chi connectivity index (χ2n) is 4.00. The second-order valence-corrected chi connectivity index (χ2v) is 4.00. The van der Waals surface area contributed by atoms with Gasteiger partial charge in [0.2, 0.25) is 0 Å². The summed E-state index contributed by atoms with van der Waals surface area (Å²) in [7, 11) is 0. The predicted molar refractivity (Wildman–Crippen MR) is 74.3 cm³/mol. The first kappa shape index (κ1) is 13.6. The van der Waals surface area contributed by atoms with Crippen LogP contribution in [0.15, 0.2) is 66.5 Å². The van der Waals surface area contributed by atoms with Crippen LogP contribution in [0.1, 0.15) is 5.56 Å². The standard InChI is InChI=1S/C15H14N2O3/c18-14(13-8-4-5-9-16-10-13)17-15(19)20-11-12-6-2-1-3-7-12/h1-10,16H,11H2,(H,17,18,19). The summed E-state index contributed by atoms with van der Waals surface area (Å²) in [4.78, 5) is 23.3. The third kappa shape index (κ3) is 4.13. The number of allylic oxidation sites excluding steroid dienone is 2. The SMILES string of the molecule is O=C(NC(=O)C1=CNC=CC=C1)OCc1ccccc1. The molecule has 2 rings (SSSR count). The van der Waals surface area contributed by atoms with Gasteiger partial charge in [-0.25, -0.2) is 4.79 Å². The van der Waals surface area contributed by atoms with E-state index in [-0.39, 0.29) is 6.61 Å². The first-order valence-electron chi connectivity index (χ1n) is 6.07. The zero-order valence-corrected chi connectivity index (χ0v) is 10.7. The summed E-state index contributed by atoms with van der Waals surface area (Å²) in [5.41, 5.74) is 1.20. The van der Waals surface area contributed by atoms with Gasteiger partial charge < -0.3 is 10.1 Å². The molecule has 102 valence electrons. The zero-order valence-electron chi connectivity index (χ0n) is 10.7. The van der Waals surface area contributed by atoms with Crippen LogP contribution < -0.4 is 10.6 Å². The first-order valence-corrected chi connectivity index (χ1v) is 6.07. The second kappa shape index (κ2) is 6.94. The molecule has 20 heavy (non-hydrogen) atoms. The van der Waals surface area contributed by atoms with E-state index in [1.54, 1.807) is 24.4 Å². The Hall–Kier alpha value is -2.82. The summed E-state index contributed by atoms with van der Waals surface area (Å²) in [6.07, 6.45) is 7.43. The van der Waals surface area contributed by atoms with Crippen molar-refractivity contribution in [2.75, 3.05) is 0 Å². The summed E-state index contributed by atoms with van der Waals surface area (Å²) >= 11 is 0. The maximum atomic E-state index is 11.8. The number of carbonyl (C=O) groups excluding carboxylic acids is 2. The molecule has 0 atom stereocenters. The van der Waals surface area contributed by atoms with Crippen LogP contribution in [0.4, 0.5) is 4.79 Å². The lowest BCUT2D eigenvalue weighted by Gasteiger charge is -2.06. The molecule has 2 N–H and O–H groups in total. The van der Waals surface area contributed by atoms with Crippen LogP contribution in [0, 0.1) is 0 Å². The quantitative estimate of drug-likeness (QED) is 0.881. The Labute approximate surface area is 116 Å². The van der Waals surface area contributed by atoms with E-state index in [1.807, 2.05) is 30.3 Å². The number of benzene rings is 1. The molecule has 2 amide bonds. The van der Waals surface area contributed by atoms with Crippen LogP contribution >= 0.6 is 0 Å². The largest absolute Gasteiger partial charge is 0.444 e. The summed E-state index contributed by atoms with van der Waals surface area (Å²) < 4.78 is 4.96. The monoisotopic (exact) mass is 270 g/mol. The highest BCUT2D eigenvalue weighted by atomic mass is 16.5. The van der Waals surface area contributed by atoms with Gasteiger partial charge in [0.05, 0.1) is 5.57 Å². The molecule has 0 radical (unpaired) electrons. The van der Waals surface area contributed by atoms with Crippen LogP contribution in [-0.4, -0.2) is 12.0 Å². The number of hydrogen-bond acceptors (Lipinski definition) is 4. The van der Waals surface area contributed by atoms with Gasteiger partial charge in [-0.1, -0.05) is 36.4 Å². The Balaban J connectivity index is 1.82. The number of nitrogens with one attached hydrogen (secondary N) is 2. The Kier molecular flexibility index (Phi) is 4.72. The van der Waals surface area contributed by atoms with Gasteiger partial charge >= 0.3 is 6.09 Å². The summed E-state index contributed by atoms with van der Waals surface area (Å²) in [6, 6.07) is 9.24. The fourth-order valence-corrected chi connectivity index (χ4v) is 1.52. The fraction of sp³-hybridized carbons (Fsp3) is 0.0667. The normalized spacial score (nSPS) is 12.9. The van der Waals surface area contributed by atoms with E-state index in [2.05, 4.69) is 10.6 Å². The lowest BCUT2D eigenvalue weighted by Crippen LogP contribution is -2.32. The van der Waals surface area contributed by atoms with Crippen molar-refractivity contribution in [3.63, 3.8) is 0 Å². The molecule has 5 heteroatoms. The number of alkyl carbamates (subject to hydrolysis) is 1. The molecule has 0 spiro atoms. The highest BCUT2D eigenvalue weighted by molar-refractivity contribution is 6.04. The van der Waals surface area contributed by atoms with E-state index in [0.29, 0.717) is 5.57 Å². The van der Waals surface area contributed by atoms with Gasteiger partial charge in [0.15, 0.2) is 0 Å². The van der Waals surface area contributed by atoms with Crippen LogP contribution in [0.3, 0.4) is 0 Å². The van der Waals surface area contributed by atoms with E-state index in [4.69, 9.17) is 4.74 Å². The van der Waals surface area contributed by atoms with Crippen LogP contribution in [0.2, 0.25) is 0 Å². The van der Waals surface area contributed by atoms with Crippen molar-refractivity contribution in [1.29, 1.82) is 0 Å². The summed E-state index contributed by atoms with van der Waals surface area (Å²) in [5.74, 6) is -0.518. The third-order valence-electron chi connectivity index (χ3n) is 2.51. The van der Waals surface area contributed by atoms with Crippen molar-refractivity contribution in [2.24, 2.45) is 0 Å².